The molecule has 34 heavy (non-hydrogen) atoms. The van der Waals surface area contributed by atoms with E-state index in [1.807, 2.05) is 48.5 Å². The van der Waals surface area contributed by atoms with Crippen LogP contribution in [0.5, 0.6) is 5.75 Å². The van der Waals surface area contributed by atoms with Gasteiger partial charge in [0.2, 0.25) is 11.2 Å². The van der Waals surface area contributed by atoms with E-state index in [1.165, 1.54) is 25.5 Å². The number of hydrogen-bond acceptors (Lipinski definition) is 5. The van der Waals surface area contributed by atoms with Crippen molar-refractivity contribution in [3.05, 3.63) is 99.1 Å². The molecule has 3 aromatic rings. The molecule has 1 aromatic heterocycles. The van der Waals surface area contributed by atoms with Crippen molar-refractivity contribution in [2.24, 2.45) is 0 Å². The number of nitrogens with zero attached hydrogens (tertiary/aromatic N) is 1. The first-order valence-corrected chi connectivity index (χ1v) is 11.5. The van der Waals surface area contributed by atoms with Crippen LogP contribution >= 0.6 is 0 Å². The standard InChI is InChI=1S/C27H26N2O5/c1-33-25-16-34-24(14-23(25)30)26(31)28-22-15-29(13-12-19-4-2-3-5-21(19)22)27(32)20-10-8-18(9-11-20)17-6-7-17/h2-5,8-11,14,16-17,22H,6-7,12-13,15H2,1H3,(H,28,31). The number of benzene rings is 2. The lowest BCUT2D eigenvalue weighted by molar-refractivity contribution is 0.0729. The molecule has 1 aliphatic carbocycles. The minimum absolute atomic E-state index is 0.0286. The van der Waals surface area contributed by atoms with E-state index >= 15 is 0 Å². The van der Waals surface area contributed by atoms with E-state index in [9.17, 15) is 14.4 Å². The van der Waals surface area contributed by atoms with Gasteiger partial charge in [-0.25, -0.2) is 0 Å². The molecule has 5 rings (SSSR count). The maximum atomic E-state index is 13.4. The van der Waals surface area contributed by atoms with Gasteiger partial charge >= 0.3 is 0 Å². The van der Waals surface area contributed by atoms with Crippen LogP contribution in [0.3, 0.4) is 0 Å². The zero-order chi connectivity index (χ0) is 23.7. The highest BCUT2D eigenvalue weighted by atomic mass is 16.5. The van der Waals surface area contributed by atoms with Crippen LogP contribution in [0.15, 0.2) is 70.1 Å². The predicted molar refractivity (Wildman–Crippen MR) is 126 cm³/mol. The van der Waals surface area contributed by atoms with Crippen molar-refractivity contribution in [1.29, 1.82) is 0 Å². The molecule has 2 amide bonds. The van der Waals surface area contributed by atoms with E-state index in [1.54, 1.807) is 4.90 Å². The van der Waals surface area contributed by atoms with Crippen LogP contribution < -0.4 is 15.5 Å². The molecule has 1 fully saturated rings. The molecule has 2 aliphatic rings. The number of rotatable bonds is 5. The van der Waals surface area contributed by atoms with Gasteiger partial charge in [-0.1, -0.05) is 36.4 Å². The molecule has 0 bridgehead atoms. The number of fused-ring (bicyclic) bond motifs is 1. The largest absolute Gasteiger partial charge is 0.490 e. The van der Waals surface area contributed by atoms with Crippen LogP contribution in [0, 0.1) is 0 Å². The van der Waals surface area contributed by atoms with Gasteiger partial charge in [-0.15, -0.1) is 0 Å². The Hall–Kier alpha value is -3.87. The highest BCUT2D eigenvalue weighted by molar-refractivity contribution is 5.95. The second kappa shape index (κ2) is 9.17. The number of amides is 2. The van der Waals surface area contributed by atoms with E-state index in [0.717, 1.165) is 23.5 Å². The third-order valence-corrected chi connectivity index (χ3v) is 6.53. The molecule has 2 aromatic carbocycles. The molecule has 1 aliphatic heterocycles. The van der Waals surface area contributed by atoms with Gasteiger partial charge in [0.25, 0.3) is 11.8 Å². The van der Waals surface area contributed by atoms with Crippen LogP contribution in [0.25, 0.3) is 0 Å². The summed E-state index contributed by atoms with van der Waals surface area (Å²) in [5.41, 5.74) is 3.51. The van der Waals surface area contributed by atoms with Crippen molar-refractivity contribution in [2.75, 3.05) is 20.2 Å². The summed E-state index contributed by atoms with van der Waals surface area (Å²) in [6.07, 6.45) is 4.24. The average Bonchev–Trinajstić information content (AvgIpc) is 3.72. The number of carbonyl (C=O) groups is 2. The second-order valence-electron chi connectivity index (χ2n) is 8.80. The van der Waals surface area contributed by atoms with E-state index in [4.69, 9.17) is 9.15 Å². The van der Waals surface area contributed by atoms with Gasteiger partial charge in [-0.2, -0.15) is 0 Å². The summed E-state index contributed by atoms with van der Waals surface area (Å²) in [6.45, 7) is 0.858. The molecule has 2 heterocycles. The van der Waals surface area contributed by atoms with Gasteiger partial charge in [0.05, 0.1) is 13.2 Å². The van der Waals surface area contributed by atoms with Crippen molar-refractivity contribution >= 4 is 11.8 Å². The predicted octanol–water partition coefficient (Wildman–Crippen LogP) is 3.70. The fourth-order valence-electron chi connectivity index (χ4n) is 4.47. The first-order valence-electron chi connectivity index (χ1n) is 11.5. The summed E-state index contributed by atoms with van der Waals surface area (Å²) in [5.74, 6) is -0.0376. The molecule has 7 heteroatoms. The molecule has 0 radical (unpaired) electrons. The number of ether oxygens (including phenoxy) is 1. The van der Waals surface area contributed by atoms with Crippen molar-refractivity contribution in [3.63, 3.8) is 0 Å². The van der Waals surface area contributed by atoms with Crippen molar-refractivity contribution in [2.45, 2.75) is 31.2 Å². The van der Waals surface area contributed by atoms with Crippen LogP contribution in [-0.2, 0) is 6.42 Å². The third kappa shape index (κ3) is 4.46. The minimum atomic E-state index is -0.525. The monoisotopic (exact) mass is 458 g/mol. The van der Waals surface area contributed by atoms with Crippen LogP contribution in [0.1, 0.15) is 62.4 Å². The topological polar surface area (TPSA) is 88.8 Å². The molecule has 1 saturated carbocycles. The minimum Gasteiger partial charge on any atom is -0.490 e. The first-order chi connectivity index (χ1) is 16.5. The maximum Gasteiger partial charge on any atom is 0.287 e. The van der Waals surface area contributed by atoms with Crippen molar-refractivity contribution in [1.82, 2.24) is 10.2 Å². The van der Waals surface area contributed by atoms with Gasteiger partial charge in [0.15, 0.2) is 5.76 Å². The Balaban J connectivity index is 1.38. The SMILES string of the molecule is COc1coc(C(=O)NC2CN(C(=O)c3ccc(C4CC4)cc3)CCc3ccccc32)cc1=O. The molecular formula is C27H26N2O5. The Morgan fingerprint density at radius 1 is 1.09 bits per heavy atom. The molecule has 0 spiro atoms. The number of methoxy groups -OCH3 is 1. The molecule has 1 atom stereocenters. The Bertz CT molecular complexity index is 1280. The lowest BCUT2D eigenvalue weighted by atomic mass is 9.99. The Labute approximate surface area is 197 Å². The summed E-state index contributed by atoms with van der Waals surface area (Å²) in [5, 5.41) is 2.96. The molecule has 1 unspecified atom stereocenters. The van der Waals surface area contributed by atoms with E-state index in [0.29, 0.717) is 31.0 Å². The molecule has 1 N–H and O–H groups in total. The highest BCUT2D eigenvalue weighted by Crippen LogP contribution is 2.40. The Morgan fingerprint density at radius 3 is 2.56 bits per heavy atom. The summed E-state index contributed by atoms with van der Waals surface area (Å²) in [4.78, 5) is 40.2. The third-order valence-electron chi connectivity index (χ3n) is 6.53. The fourth-order valence-corrected chi connectivity index (χ4v) is 4.47. The van der Waals surface area contributed by atoms with Gasteiger partial charge in [0.1, 0.15) is 6.26 Å². The number of nitrogens with one attached hydrogen (secondary N) is 1. The average molecular weight is 459 g/mol. The summed E-state index contributed by atoms with van der Waals surface area (Å²) in [6, 6.07) is 16.4. The van der Waals surface area contributed by atoms with Crippen molar-refractivity contribution in [3.8, 4) is 5.75 Å². The molecule has 0 saturated heterocycles. The van der Waals surface area contributed by atoms with Crippen LogP contribution in [-0.4, -0.2) is 36.9 Å². The van der Waals surface area contributed by atoms with Crippen LogP contribution in [0.4, 0.5) is 0 Å². The van der Waals surface area contributed by atoms with Crippen LogP contribution in [0.2, 0.25) is 0 Å². The van der Waals surface area contributed by atoms with E-state index in [-0.39, 0.29) is 17.4 Å². The van der Waals surface area contributed by atoms with Gasteiger partial charge in [-0.05, 0) is 54.0 Å². The smallest absolute Gasteiger partial charge is 0.287 e. The molecule has 7 nitrogen and oxygen atoms in total. The first kappa shape index (κ1) is 21.9. The summed E-state index contributed by atoms with van der Waals surface area (Å²) in [7, 11) is 1.36. The number of hydrogen-bond donors (Lipinski definition) is 1. The lowest BCUT2D eigenvalue weighted by Gasteiger charge is -2.26. The summed E-state index contributed by atoms with van der Waals surface area (Å²) < 4.78 is 10.2. The normalized spacial score (nSPS) is 17.4. The maximum absolute atomic E-state index is 13.4. The quantitative estimate of drug-likeness (QED) is 0.630. The van der Waals surface area contributed by atoms with Gasteiger partial charge in [-0.3, -0.25) is 14.4 Å². The Morgan fingerprint density at radius 2 is 1.85 bits per heavy atom. The number of carbonyl (C=O) groups excluding carboxylic acids is 2. The lowest BCUT2D eigenvalue weighted by Crippen LogP contribution is -2.40. The summed E-state index contributed by atoms with van der Waals surface area (Å²) >= 11 is 0. The Kier molecular flexibility index (Phi) is 5.92. The molecule has 174 valence electrons. The zero-order valence-electron chi connectivity index (χ0n) is 19.0. The zero-order valence-corrected chi connectivity index (χ0v) is 19.0. The van der Waals surface area contributed by atoms with Gasteiger partial charge in [0, 0.05) is 24.7 Å². The van der Waals surface area contributed by atoms with Gasteiger partial charge < -0.3 is 19.4 Å². The van der Waals surface area contributed by atoms with Crippen molar-refractivity contribution < 1.29 is 18.7 Å². The van der Waals surface area contributed by atoms with E-state index < -0.39 is 17.4 Å². The highest BCUT2D eigenvalue weighted by Gasteiger charge is 2.29. The molecular weight excluding hydrogens is 432 g/mol. The fraction of sp³-hybridized carbons (Fsp3) is 0.296. The second-order valence-corrected chi connectivity index (χ2v) is 8.80. The van der Waals surface area contributed by atoms with E-state index in [2.05, 4.69) is 5.32 Å².